The van der Waals surface area contributed by atoms with E-state index in [-0.39, 0.29) is 16.9 Å². The Morgan fingerprint density at radius 3 is 2.68 bits per heavy atom. The quantitative estimate of drug-likeness (QED) is 0.753. The summed E-state index contributed by atoms with van der Waals surface area (Å²) in [5, 5.41) is 19.8. The smallest absolute Gasteiger partial charge is 0.133 e. The lowest BCUT2D eigenvalue weighted by molar-refractivity contribution is -0.120. The highest BCUT2D eigenvalue weighted by Gasteiger charge is 2.42. The van der Waals surface area contributed by atoms with E-state index in [4.69, 9.17) is 0 Å². The summed E-state index contributed by atoms with van der Waals surface area (Å²) in [4.78, 5) is 12.1. The van der Waals surface area contributed by atoms with Crippen molar-refractivity contribution in [2.24, 2.45) is 0 Å². The lowest BCUT2D eigenvalue weighted by Gasteiger charge is -2.32. The fraction of sp³-hybridized carbons (Fsp3) is 0.562. The Balaban J connectivity index is 2.05. The highest BCUT2D eigenvalue weighted by molar-refractivity contribution is 5.80. The van der Waals surface area contributed by atoms with Crippen LogP contribution in [0.2, 0.25) is 0 Å². The van der Waals surface area contributed by atoms with Gasteiger partial charge in [-0.1, -0.05) is 12.8 Å². The molecule has 3 rings (SSSR count). The standard InChI is InChI=1S/C16H20O3/c17-12-4-2-1-3-6-16(10-12)7-5-11-8-13(18)9-14(19)15(11)16/h8-9,18-19H,1-7,10H2/t16-/m1/s1. The fourth-order valence-electron chi connectivity index (χ4n) is 3.92. The summed E-state index contributed by atoms with van der Waals surface area (Å²) in [6.07, 6.45) is 7.20. The van der Waals surface area contributed by atoms with Gasteiger partial charge in [0, 0.05) is 29.9 Å². The van der Waals surface area contributed by atoms with Gasteiger partial charge in [0.1, 0.15) is 17.3 Å². The van der Waals surface area contributed by atoms with Crippen molar-refractivity contribution in [2.75, 3.05) is 0 Å². The third-order valence-electron chi connectivity index (χ3n) is 4.73. The summed E-state index contributed by atoms with van der Waals surface area (Å²) in [5.74, 6) is 0.603. The van der Waals surface area contributed by atoms with Crippen LogP contribution in [-0.4, -0.2) is 16.0 Å². The second-order valence-electron chi connectivity index (χ2n) is 6.06. The Labute approximate surface area is 113 Å². The second kappa shape index (κ2) is 4.55. The van der Waals surface area contributed by atoms with E-state index in [1.165, 1.54) is 6.07 Å². The zero-order valence-electron chi connectivity index (χ0n) is 11.1. The first-order valence-corrected chi connectivity index (χ1v) is 7.18. The molecule has 0 saturated heterocycles. The van der Waals surface area contributed by atoms with E-state index in [1.807, 2.05) is 0 Å². The normalized spacial score (nSPS) is 27.1. The van der Waals surface area contributed by atoms with Crippen LogP contribution < -0.4 is 0 Å². The van der Waals surface area contributed by atoms with Crippen molar-refractivity contribution in [2.45, 2.75) is 56.8 Å². The number of phenols is 2. The molecular weight excluding hydrogens is 240 g/mol. The van der Waals surface area contributed by atoms with Crippen LogP contribution in [0.25, 0.3) is 0 Å². The average molecular weight is 260 g/mol. The van der Waals surface area contributed by atoms with Crippen LogP contribution in [0.5, 0.6) is 11.5 Å². The molecule has 0 aromatic heterocycles. The molecule has 1 aromatic carbocycles. The molecule has 0 radical (unpaired) electrons. The Morgan fingerprint density at radius 1 is 1.00 bits per heavy atom. The molecule has 0 unspecified atom stereocenters. The molecule has 3 nitrogen and oxygen atoms in total. The van der Waals surface area contributed by atoms with Crippen molar-refractivity contribution in [1.29, 1.82) is 0 Å². The predicted octanol–water partition coefficient (Wildman–Crippen LogP) is 3.21. The van der Waals surface area contributed by atoms with E-state index in [2.05, 4.69) is 0 Å². The number of carbonyl (C=O) groups excluding carboxylic acids is 1. The Bertz CT molecular complexity index is 521. The number of ketones is 1. The SMILES string of the molecule is O=C1CCCCC[C@@]2(CCc3cc(O)cc(O)c32)C1. The monoisotopic (exact) mass is 260 g/mol. The maximum atomic E-state index is 12.1. The second-order valence-corrected chi connectivity index (χ2v) is 6.06. The van der Waals surface area contributed by atoms with Crippen LogP contribution in [0.4, 0.5) is 0 Å². The molecule has 0 aliphatic heterocycles. The molecule has 0 bridgehead atoms. The third kappa shape index (κ3) is 2.11. The van der Waals surface area contributed by atoms with E-state index in [1.54, 1.807) is 6.07 Å². The van der Waals surface area contributed by atoms with E-state index < -0.39 is 0 Å². The summed E-state index contributed by atoms with van der Waals surface area (Å²) in [6.45, 7) is 0. The summed E-state index contributed by atoms with van der Waals surface area (Å²) in [7, 11) is 0. The first-order chi connectivity index (χ1) is 9.11. The molecule has 1 saturated carbocycles. The largest absolute Gasteiger partial charge is 0.508 e. The number of hydrogen-bond acceptors (Lipinski definition) is 3. The predicted molar refractivity (Wildman–Crippen MR) is 72.5 cm³/mol. The van der Waals surface area contributed by atoms with Gasteiger partial charge in [0.25, 0.3) is 0 Å². The number of rotatable bonds is 0. The van der Waals surface area contributed by atoms with Gasteiger partial charge in [-0.05, 0) is 37.3 Å². The van der Waals surface area contributed by atoms with Crippen LogP contribution in [0, 0.1) is 0 Å². The van der Waals surface area contributed by atoms with Crippen molar-refractivity contribution in [1.82, 2.24) is 0 Å². The number of hydrogen-bond donors (Lipinski definition) is 2. The molecule has 2 aliphatic rings. The molecule has 0 heterocycles. The van der Waals surface area contributed by atoms with Crippen LogP contribution in [0.3, 0.4) is 0 Å². The number of carbonyl (C=O) groups is 1. The maximum Gasteiger partial charge on any atom is 0.133 e. The number of phenolic OH excluding ortho intramolecular Hbond substituents is 2. The lowest BCUT2D eigenvalue weighted by Crippen LogP contribution is -2.28. The minimum absolute atomic E-state index is 0.116. The zero-order valence-corrected chi connectivity index (χ0v) is 11.1. The molecule has 2 aliphatic carbocycles. The molecule has 1 spiro atoms. The van der Waals surface area contributed by atoms with Crippen LogP contribution in [0.15, 0.2) is 12.1 Å². The van der Waals surface area contributed by atoms with Gasteiger partial charge in [-0.2, -0.15) is 0 Å². The highest BCUT2D eigenvalue weighted by Crippen LogP contribution is 2.51. The van der Waals surface area contributed by atoms with E-state index >= 15 is 0 Å². The fourth-order valence-corrected chi connectivity index (χ4v) is 3.92. The molecule has 0 amide bonds. The van der Waals surface area contributed by atoms with Crippen molar-refractivity contribution in [3.8, 4) is 11.5 Å². The molecule has 2 N–H and O–H groups in total. The minimum atomic E-state index is -0.176. The minimum Gasteiger partial charge on any atom is -0.508 e. The summed E-state index contributed by atoms with van der Waals surface area (Å²) < 4.78 is 0. The van der Waals surface area contributed by atoms with E-state index in [9.17, 15) is 15.0 Å². The van der Waals surface area contributed by atoms with Gasteiger partial charge in [0.05, 0.1) is 0 Å². The Kier molecular flexibility index (Phi) is 3.00. The topological polar surface area (TPSA) is 57.5 Å². The van der Waals surface area contributed by atoms with Crippen LogP contribution in [-0.2, 0) is 16.6 Å². The molecule has 1 fully saturated rings. The third-order valence-corrected chi connectivity index (χ3v) is 4.73. The summed E-state index contributed by atoms with van der Waals surface area (Å²) >= 11 is 0. The van der Waals surface area contributed by atoms with Crippen molar-refractivity contribution < 1.29 is 15.0 Å². The number of Topliss-reactive ketones (excluding diaryl/α,β-unsaturated/α-hetero) is 1. The van der Waals surface area contributed by atoms with Gasteiger partial charge < -0.3 is 10.2 Å². The molecule has 19 heavy (non-hydrogen) atoms. The van der Waals surface area contributed by atoms with Gasteiger partial charge >= 0.3 is 0 Å². The Hall–Kier alpha value is -1.51. The number of aryl methyl sites for hydroxylation is 1. The number of fused-ring (bicyclic) bond motifs is 2. The highest BCUT2D eigenvalue weighted by atomic mass is 16.3. The van der Waals surface area contributed by atoms with E-state index in [0.29, 0.717) is 18.6 Å². The van der Waals surface area contributed by atoms with Crippen molar-refractivity contribution >= 4 is 5.78 Å². The first kappa shape index (κ1) is 12.5. The van der Waals surface area contributed by atoms with Crippen LogP contribution in [0.1, 0.15) is 56.1 Å². The van der Waals surface area contributed by atoms with Gasteiger partial charge in [-0.15, -0.1) is 0 Å². The summed E-state index contributed by atoms with van der Waals surface area (Å²) in [6, 6.07) is 3.15. The lowest BCUT2D eigenvalue weighted by atomic mass is 9.71. The number of benzene rings is 1. The van der Waals surface area contributed by atoms with Gasteiger partial charge in [0.2, 0.25) is 0 Å². The van der Waals surface area contributed by atoms with Gasteiger partial charge in [-0.3, -0.25) is 4.79 Å². The molecule has 102 valence electrons. The van der Waals surface area contributed by atoms with E-state index in [0.717, 1.165) is 49.7 Å². The number of aromatic hydroxyl groups is 2. The van der Waals surface area contributed by atoms with Crippen molar-refractivity contribution in [3.05, 3.63) is 23.3 Å². The summed E-state index contributed by atoms with van der Waals surface area (Å²) in [5.41, 5.74) is 1.77. The Morgan fingerprint density at radius 2 is 1.84 bits per heavy atom. The zero-order chi connectivity index (χ0) is 13.5. The van der Waals surface area contributed by atoms with Crippen molar-refractivity contribution in [3.63, 3.8) is 0 Å². The molecule has 3 heteroatoms. The van der Waals surface area contributed by atoms with Gasteiger partial charge in [0.15, 0.2) is 0 Å². The molecule has 1 atom stereocenters. The maximum absolute atomic E-state index is 12.1. The average Bonchev–Trinajstić information content (AvgIpc) is 2.66. The molecule has 1 aromatic rings. The van der Waals surface area contributed by atoms with Crippen LogP contribution >= 0.6 is 0 Å². The van der Waals surface area contributed by atoms with Gasteiger partial charge in [-0.25, -0.2) is 0 Å². The molecular formula is C16H20O3. The first-order valence-electron chi connectivity index (χ1n) is 7.18.